The van der Waals surface area contributed by atoms with Crippen LogP contribution in [0.15, 0.2) is 91.0 Å². The number of benzene rings is 3. The van der Waals surface area contributed by atoms with E-state index in [-0.39, 0.29) is 6.61 Å². The highest BCUT2D eigenvalue weighted by molar-refractivity contribution is 7.95. The van der Waals surface area contributed by atoms with Gasteiger partial charge >= 0.3 is 0 Å². The van der Waals surface area contributed by atoms with Gasteiger partial charge in [0.1, 0.15) is 23.2 Å². The number of rotatable bonds is 18. The van der Waals surface area contributed by atoms with Crippen LogP contribution in [-0.2, 0) is 4.74 Å². The van der Waals surface area contributed by atoms with Crippen LogP contribution in [0.3, 0.4) is 0 Å². The molecule has 0 aromatic heterocycles. The van der Waals surface area contributed by atoms with Gasteiger partial charge in [-0.05, 0) is 68.5 Å². The average Bonchev–Trinajstić information content (AvgIpc) is 2.93. The van der Waals surface area contributed by atoms with E-state index in [4.69, 9.17) is 9.84 Å². The zero-order chi connectivity index (χ0) is 24.4. The van der Waals surface area contributed by atoms with Gasteiger partial charge in [0.2, 0.25) is 0 Å². The molecule has 0 atom stereocenters. The second-order valence-electron chi connectivity index (χ2n) is 9.41. The Labute approximate surface area is 214 Å². The maximum atomic E-state index is 8.79. The van der Waals surface area contributed by atoms with Gasteiger partial charge in [0.05, 0.1) is 6.16 Å². The van der Waals surface area contributed by atoms with Gasteiger partial charge in [-0.3, -0.25) is 0 Å². The molecule has 0 spiro atoms. The molecule has 3 rings (SSSR count). The molecule has 0 bridgehead atoms. The Balaban J connectivity index is 1.49. The van der Waals surface area contributed by atoms with Gasteiger partial charge in [0.15, 0.2) is 0 Å². The van der Waals surface area contributed by atoms with Crippen molar-refractivity contribution in [1.29, 1.82) is 0 Å². The fourth-order valence-corrected chi connectivity index (χ4v) is 9.32. The Bertz CT molecular complexity index is 802. The van der Waals surface area contributed by atoms with Gasteiger partial charge in [0, 0.05) is 19.8 Å². The van der Waals surface area contributed by atoms with Crippen LogP contribution in [0.4, 0.5) is 0 Å². The molecule has 0 heterocycles. The number of hydrogen-bond donors (Lipinski definition) is 1. The third kappa shape index (κ3) is 8.87. The lowest BCUT2D eigenvalue weighted by Crippen LogP contribution is -2.33. The second kappa shape index (κ2) is 16.6. The van der Waals surface area contributed by atoms with E-state index >= 15 is 0 Å². The Morgan fingerprint density at radius 3 is 1.26 bits per heavy atom. The zero-order valence-corrected chi connectivity index (χ0v) is 22.3. The molecule has 0 aliphatic rings. The van der Waals surface area contributed by atoms with E-state index in [1.54, 1.807) is 0 Å². The predicted molar refractivity (Wildman–Crippen MR) is 154 cm³/mol. The molecule has 35 heavy (non-hydrogen) atoms. The van der Waals surface area contributed by atoms with Gasteiger partial charge in [-0.15, -0.1) is 0 Å². The molecule has 0 saturated heterocycles. The van der Waals surface area contributed by atoms with E-state index in [2.05, 4.69) is 91.0 Å². The number of hydrogen-bond acceptors (Lipinski definition) is 2. The fourth-order valence-electron chi connectivity index (χ4n) is 4.91. The Morgan fingerprint density at radius 2 is 0.829 bits per heavy atom. The first kappa shape index (κ1) is 27.6. The molecule has 2 nitrogen and oxygen atoms in total. The highest BCUT2D eigenvalue weighted by atomic mass is 31.2. The zero-order valence-electron chi connectivity index (χ0n) is 21.4. The minimum atomic E-state index is -1.67. The largest absolute Gasteiger partial charge is 0.396 e. The molecule has 0 unspecified atom stereocenters. The van der Waals surface area contributed by atoms with Crippen LogP contribution >= 0.6 is 7.26 Å². The molecule has 3 heteroatoms. The van der Waals surface area contributed by atoms with Crippen molar-refractivity contribution < 1.29 is 9.84 Å². The molecule has 0 saturated carbocycles. The average molecular weight is 492 g/mol. The van der Waals surface area contributed by atoms with Crippen molar-refractivity contribution in [2.75, 3.05) is 26.0 Å². The van der Waals surface area contributed by atoms with Gasteiger partial charge in [-0.25, -0.2) is 0 Å². The Morgan fingerprint density at radius 1 is 0.457 bits per heavy atom. The number of unbranched alkanes of at least 4 members (excludes halogenated alkanes) is 8. The van der Waals surface area contributed by atoms with Crippen LogP contribution in [0, 0.1) is 0 Å². The SMILES string of the molecule is OCCCCOCCCCCCCCCC[P+](c1ccccc1)(c1ccccc1)c1ccccc1. The van der Waals surface area contributed by atoms with Crippen molar-refractivity contribution >= 4 is 23.2 Å². The van der Waals surface area contributed by atoms with E-state index in [1.165, 1.54) is 67.0 Å². The van der Waals surface area contributed by atoms with Gasteiger partial charge in [-0.1, -0.05) is 86.7 Å². The summed E-state index contributed by atoms with van der Waals surface area (Å²) in [4.78, 5) is 0. The monoisotopic (exact) mass is 491 g/mol. The van der Waals surface area contributed by atoms with E-state index in [0.29, 0.717) is 0 Å². The van der Waals surface area contributed by atoms with Crippen molar-refractivity contribution in [3.8, 4) is 0 Å². The summed E-state index contributed by atoms with van der Waals surface area (Å²) >= 11 is 0. The number of aliphatic hydroxyl groups excluding tert-OH is 1. The van der Waals surface area contributed by atoms with Crippen LogP contribution in [0.1, 0.15) is 64.2 Å². The minimum absolute atomic E-state index is 0.275. The van der Waals surface area contributed by atoms with Crippen molar-refractivity contribution in [3.05, 3.63) is 91.0 Å². The quantitative estimate of drug-likeness (QED) is 0.155. The normalized spacial score (nSPS) is 11.6. The predicted octanol–water partition coefficient (Wildman–Crippen LogP) is 6.89. The summed E-state index contributed by atoms with van der Waals surface area (Å²) in [5.41, 5.74) is 0. The van der Waals surface area contributed by atoms with Crippen LogP contribution in [0.5, 0.6) is 0 Å². The number of aliphatic hydroxyl groups is 1. The molecule has 0 amide bonds. The van der Waals surface area contributed by atoms with Gasteiger partial charge < -0.3 is 9.84 Å². The van der Waals surface area contributed by atoms with Crippen molar-refractivity contribution in [2.45, 2.75) is 64.2 Å². The van der Waals surface area contributed by atoms with E-state index in [0.717, 1.165) is 32.5 Å². The molecule has 1 N–H and O–H groups in total. The van der Waals surface area contributed by atoms with E-state index < -0.39 is 7.26 Å². The van der Waals surface area contributed by atoms with Crippen molar-refractivity contribution in [1.82, 2.24) is 0 Å². The Hall–Kier alpha value is -1.99. The van der Waals surface area contributed by atoms with Crippen molar-refractivity contribution in [2.24, 2.45) is 0 Å². The van der Waals surface area contributed by atoms with Gasteiger partial charge in [0.25, 0.3) is 0 Å². The molecule has 0 aliphatic heterocycles. The molecule has 188 valence electrons. The Kier molecular flexibility index (Phi) is 13.1. The van der Waals surface area contributed by atoms with Crippen LogP contribution in [0.2, 0.25) is 0 Å². The highest BCUT2D eigenvalue weighted by Crippen LogP contribution is 2.55. The van der Waals surface area contributed by atoms with Crippen LogP contribution in [-0.4, -0.2) is 31.1 Å². The molecule has 0 fully saturated rings. The molecule has 3 aromatic rings. The lowest BCUT2D eigenvalue weighted by molar-refractivity contribution is 0.121. The molecule has 0 radical (unpaired) electrons. The third-order valence-corrected chi connectivity index (χ3v) is 11.3. The summed E-state index contributed by atoms with van der Waals surface area (Å²) in [5, 5.41) is 13.3. The third-order valence-electron chi connectivity index (χ3n) is 6.82. The molecular weight excluding hydrogens is 447 g/mol. The standard InChI is InChI=1S/C32H44O2P/c33-26-16-18-28-34-27-17-5-3-1-2-4-6-19-29-35(30-20-10-7-11-21-30,31-22-12-8-13-23-31)32-24-14-9-15-25-32/h7-15,20-25,33H,1-6,16-19,26-29H2/q+1. The maximum absolute atomic E-state index is 8.79. The summed E-state index contributed by atoms with van der Waals surface area (Å²) in [6.45, 7) is 1.94. The molecule has 3 aromatic carbocycles. The first-order valence-electron chi connectivity index (χ1n) is 13.6. The molecular formula is C32H44O2P+. The highest BCUT2D eigenvalue weighted by Gasteiger charge is 2.44. The van der Waals surface area contributed by atoms with Gasteiger partial charge in [-0.2, -0.15) is 0 Å². The topological polar surface area (TPSA) is 29.5 Å². The fraction of sp³-hybridized carbons (Fsp3) is 0.438. The second-order valence-corrected chi connectivity index (χ2v) is 13.0. The van der Waals surface area contributed by atoms with Crippen molar-refractivity contribution in [3.63, 3.8) is 0 Å². The first-order valence-corrected chi connectivity index (χ1v) is 15.6. The van der Waals surface area contributed by atoms with Crippen LogP contribution < -0.4 is 15.9 Å². The summed E-state index contributed by atoms with van der Waals surface area (Å²) < 4.78 is 5.63. The summed E-state index contributed by atoms with van der Waals surface area (Å²) in [6.07, 6.45) is 13.4. The smallest absolute Gasteiger partial charge is 0.112 e. The maximum Gasteiger partial charge on any atom is 0.112 e. The summed E-state index contributed by atoms with van der Waals surface area (Å²) in [5.74, 6) is 0. The lowest BCUT2D eigenvalue weighted by atomic mass is 10.1. The number of ether oxygens (including phenoxy) is 1. The van der Waals surface area contributed by atoms with E-state index in [9.17, 15) is 0 Å². The van der Waals surface area contributed by atoms with Crippen LogP contribution in [0.25, 0.3) is 0 Å². The summed E-state index contributed by atoms with van der Waals surface area (Å²) in [6, 6.07) is 33.7. The lowest BCUT2D eigenvalue weighted by Gasteiger charge is -2.27. The molecule has 0 aliphatic carbocycles. The summed E-state index contributed by atoms with van der Waals surface area (Å²) in [7, 11) is -1.67. The minimum Gasteiger partial charge on any atom is -0.396 e. The van der Waals surface area contributed by atoms with E-state index in [1.807, 2.05) is 0 Å². The first-order chi connectivity index (χ1) is 17.4.